The molecule has 27 heavy (non-hydrogen) atoms. The first-order valence-corrected chi connectivity index (χ1v) is 8.50. The Kier molecular flexibility index (Phi) is 7.36. The number of rotatable bonds is 4. The van der Waals surface area contributed by atoms with Crippen LogP contribution in [0.15, 0.2) is 18.5 Å². The summed E-state index contributed by atoms with van der Waals surface area (Å²) in [7, 11) is 1.73. The summed E-state index contributed by atoms with van der Waals surface area (Å²) in [5, 5.41) is 35.8. The first kappa shape index (κ1) is 20.4. The predicted molar refractivity (Wildman–Crippen MR) is 101 cm³/mol. The Morgan fingerprint density at radius 2 is 1.93 bits per heavy atom. The van der Waals surface area contributed by atoms with E-state index in [0.29, 0.717) is 23.0 Å². The van der Waals surface area contributed by atoms with E-state index in [2.05, 4.69) is 36.1 Å². The molecule has 1 aliphatic rings. The van der Waals surface area contributed by atoms with E-state index in [9.17, 15) is 5.11 Å². The molecule has 1 saturated heterocycles. The minimum absolute atomic E-state index is 0.236. The molecule has 1 fully saturated rings. The fourth-order valence-electron chi connectivity index (χ4n) is 2.19. The van der Waals surface area contributed by atoms with Gasteiger partial charge >= 0.3 is 0 Å². The average molecular weight is 372 g/mol. The fourth-order valence-corrected chi connectivity index (χ4v) is 2.19. The molecule has 0 aromatic carbocycles. The Hall–Kier alpha value is -2.87. The zero-order valence-electron chi connectivity index (χ0n) is 15.7. The van der Waals surface area contributed by atoms with Gasteiger partial charge in [0.2, 0.25) is 0 Å². The van der Waals surface area contributed by atoms with Crippen LogP contribution >= 0.6 is 0 Å². The minimum Gasteiger partial charge on any atom is -0.386 e. The van der Waals surface area contributed by atoms with Crippen molar-refractivity contribution in [3.05, 3.63) is 29.8 Å². The minimum atomic E-state index is -1.10. The second kappa shape index (κ2) is 9.72. The van der Waals surface area contributed by atoms with Crippen LogP contribution < -0.4 is 16.0 Å². The monoisotopic (exact) mass is 372 g/mol. The van der Waals surface area contributed by atoms with Gasteiger partial charge in [-0.25, -0.2) is 9.97 Å². The number of anilines is 3. The molecular weight excluding hydrogens is 348 g/mol. The number of nitriles is 1. The Bertz CT molecular complexity index is 752. The third-order valence-corrected chi connectivity index (χ3v) is 3.51. The fraction of sp³-hybridized carbons (Fsp3) is 0.471. The zero-order chi connectivity index (χ0) is 19.7. The normalized spacial score (nSPS) is 13.7. The molecule has 10 heteroatoms. The van der Waals surface area contributed by atoms with Crippen LogP contribution in [0.2, 0.25) is 0 Å². The van der Waals surface area contributed by atoms with Gasteiger partial charge in [0.1, 0.15) is 23.2 Å². The maximum atomic E-state index is 10.0. The van der Waals surface area contributed by atoms with Crippen molar-refractivity contribution in [3.8, 4) is 6.07 Å². The summed E-state index contributed by atoms with van der Waals surface area (Å²) in [5.74, 6) is 0.896. The number of ether oxygens (including phenoxy) is 1. The SMILES string of the molecule is C1COCCN1.CNc1cc(Nc2cnc(C#N)cn2)nnc1C(C)(C)O. The number of hydrogen-bond donors (Lipinski definition) is 4. The van der Waals surface area contributed by atoms with Crippen molar-refractivity contribution in [2.75, 3.05) is 44.0 Å². The third kappa shape index (κ3) is 6.41. The summed E-state index contributed by atoms with van der Waals surface area (Å²) < 4.78 is 5.01. The molecule has 144 valence electrons. The number of aliphatic hydroxyl groups is 1. The van der Waals surface area contributed by atoms with Crippen molar-refractivity contribution in [2.45, 2.75) is 19.4 Å². The predicted octanol–water partition coefficient (Wildman–Crippen LogP) is 0.757. The highest BCUT2D eigenvalue weighted by Crippen LogP contribution is 2.26. The average Bonchev–Trinajstić information content (AvgIpc) is 2.69. The zero-order valence-corrected chi connectivity index (χ0v) is 15.7. The Labute approximate surface area is 158 Å². The van der Waals surface area contributed by atoms with E-state index in [1.165, 1.54) is 12.4 Å². The summed E-state index contributed by atoms with van der Waals surface area (Å²) in [4.78, 5) is 7.94. The highest BCUT2D eigenvalue weighted by atomic mass is 16.5. The van der Waals surface area contributed by atoms with Crippen LogP contribution in [-0.4, -0.2) is 58.6 Å². The van der Waals surface area contributed by atoms with Crippen LogP contribution in [0.5, 0.6) is 0 Å². The molecule has 0 spiro atoms. The molecule has 10 nitrogen and oxygen atoms in total. The lowest BCUT2D eigenvalue weighted by Crippen LogP contribution is -2.30. The maximum Gasteiger partial charge on any atom is 0.158 e. The molecule has 1 aliphatic heterocycles. The summed E-state index contributed by atoms with van der Waals surface area (Å²) in [6.45, 7) is 7.11. The van der Waals surface area contributed by atoms with Gasteiger partial charge in [-0.15, -0.1) is 10.2 Å². The van der Waals surface area contributed by atoms with E-state index < -0.39 is 5.60 Å². The molecule has 3 rings (SSSR count). The van der Waals surface area contributed by atoms with Crippen LogP contribution in [0, 0.1) is 11.3 Å². The van der Waals surface area contributed by atoms with Gasteiger partial charge in [0.05, 0.1) is 31.3 Å². The highest BCUT2D eigenvalue weighted by Gasteiger charge is 2.22. The summed E-state index contributed by atoms with van der Waals surface area (Å²) in [6, 6.07) is 3.60. The van der Waals surface area contributed by atoms with Crippen molar-refractivity contribution in [1.29, 1.82) is 5.26 Å². The van der Waals surface area contributed by atoms with Crippen molar-refractivity contribution in [2.24, 2.45) is 0 Å². The number of nitrogens with zero attached hydrogens (tertiary/aromatic N) is 5. The van der Waals surface area contributed by atoms with Gasteiger partial charge < -0.3 is 25.8 Å². The van der Waals surface area contributed by atoms with Gasteiger partial charge in [-0.2, -0.15) is 5.26 Å². The third-order valence-electron chi connectivity index (χ3n) is 3.51. The first-order chi connectivity index (χ1) is 12.9. The number of nitrogens with one attached hydrogen (secondary N) is 3. The van der Waals surface area contributed by atoms with Gasteiger partial charge in [-0.3, -0.25) is 0 Å². The Morgan fingerprint density at radius 1 is 1.19 bits per heavy atom. The van der Waals surface area contributed by atoms with E-state index in [4.69, 9.17) is 10.00 Å². The smallest absolute Gasteiger partial charge is 0.158 e. The van der Waals surface area contributed by atoms with Gasteiger partial charge in [0.15, 0.2) is 11.5 Å². The molecule has 3 heterocycles. The topological polar surface area (TPSA) is 141 Å². The maximum absolute atomic E-state index is 10.0. The van der Waals surface area contributed by atoms with Crippen LogP contribution in [0.25, 0.3) is 0 Å². The standard InChI is InChI=1S/C13H15N7O.C4H9NO/c1-13(2,21)12-9(15-3)4-10(19-20-12)18-11-7-16-8(5-14)6-17-11;1-3-6-4-2-5-1/h4,6-7,21H,1-3H3,(H2,15,17,18,19);5H,1-4H2. The highest BCUT2D eigenvalue weighted by molar-refractivity contribution is 5.60. The molecule has 0 unspecified atom stereocenters. The molecule has 4 N–H and O–H groups in total. The largest absolute Gasteiger partial charge is 0.386 e. The van der Waals surface area contributed by atoms with Crippen molar-refractivity contribution in [1.82, 2.24) is 25.5 Å². The van der Waals surface area contributed by atoms with Gasteiger partial charge in [-0.05, 0) is 13.8 Å². The van der Waals surface area contributed by atoms with Crippen LogP contribution in [0.1, 0.15) is 25.2 Å². The molecule has 0 saturated carbocycles. The lowest BCUT2D eigenvalue weighted by atomic mass is 10.0. The first-order valence-electron chi connectivity index (χ1n) is 8.50. The second-order valence-electron chi connectivity index (χ2n) is 6.19. The van der Waals surface area contributed by atoms with Crippen molar-refractivity contribution >= 4 is 17.3 Å². The van der Waals surface area contributed by atoms with Crippen LogP contribution in [-0.2, 0) is 10.3 Å². The molecule has 0 amide bonds. The van der Waals surface area contributed by atoms with E-state index in [0.717, 1.165) is 26.3 Å². The second-order valence-corrected chi connectivity index (χ2v) is 6.19. The quantitative estimate of drug-likeness (QED) is 0.607. The molecule has 0 atom stereocenters. The Balaban J connectivity index is 0.000000369. The lowest BCUT2D eigenvalue weighted by molar-refractivity contribution is 0.0737. The van der Waals surface area contributed by atoms with E-state index in [1.54, 1.807) is 27.0 Å². The van der Waals surface area contributed by atoms with E-state index in [1.807, 2.05) is 6.07 Å². The molecular formula is C17H24N8O2. The van der Waals surface area contributed by atoms with E-state index >= 15 is 0 Å². The van der Waals surface area contributed by atoms with Crippen LogP contribution in [0.4, 0.5) is 17.3 Å². The number of morpholine rings is 1. The Morgan fingerprint density at radius 3 is 2.37 bits per heavy atom. The number of hydrogen-bond acceptors (Lipinski definition) is 10. The van der Waals surface area contributed by atoms with Crippen molar-refractivity contribution < 1.29 is 9.84 Å². The van der Waals surface area contributed by atoms with Gasteiger partial charge in [0.25, 0.3) is 0 Å². The molecule has 0 bridgehead atoms. The number of aromatic nitrogens is 4. The van der Waals surface area contributed by atoms with Gasteiger partial charge in [-0.1, -0.05) is 0 Å². The molecule has 2 aromatic heterocycles. The molecule has 2 aromatic rings. The van der Waals surface area contributed by atoms with E-state index in [-0.39, 0.29) is 5.69 Å². The summed E-state index contributed by atoms with van der Waals surface area (Å²) >= 11 is 0. The van der Waals surface area contributed by atoms with Crippen molar-refractivity contribution in [3.63, 3.8) is 0 Å². The molecule has 0 aliphatic carbocycles. The lowest BCUT2D eigenvalue weighted by Gasteiger charge is -2.19. The van der Waals surface area contributed by atoms with Crippen LogP contribution in [0.3, 0.4) is 0 Å². The summed E-state index contributed by atoms with van der Waals surface area (Å²) in [6.07, 6.45) is 2.79. The van der Waals surface area contributed by atoms with Gasteiger partial charge in [0, 0.05) is 26.2 Å². The summed E-state index contributed by atoms with van der Waals surface area (Å²) in [5.41, 5.74) is 0.237. The molecule has 0 radical (unpaired) electrons.